The summed E-state index contributed by atoms with van der Waals surface area (Å²) in [6.07, 6.45) is -4.43. The minimum atomic E-state index is -4.43. The Bertz CT molecular complexity index is 1430. The van der Waals surface area contributed by atoms with Gasteiger partial charge in [0.25, 0.3) is 5.91 Å². The second-order valence-corrected chi connectivity index (χ2v) is 11.1. The smallest absolute Gasteiger partial charge is 0.359 e. The van der Waals surface area contributed by atoms with Gasteiger partial charge >= 0.3 is 12.2 Å². The number of rotatable bonds is 6. The summed E-state index contributed by atoms with van der Waals surface area (Å²) in [6.45, 7) is 5.88. The zero-order valence-corrected chi connectivity index (χ0v) is 21.8. The van der Waals surface area contributed by atoms with Crippen molar-refractivity contribution in [2.75, 3.05) is 16.0 Å². The number of alkyl halides is 3. The van der Waals surface area contributed by atoms with E-state index in [0.29, 0.717) is 26.2 Å². The van der Waals surface area contributed by atoms with Crippen LogP contribution in [0.3, 0.4) is 0 Å². The van der Waals surface area contributed by atoms with Crippen LogP contribution in [-0.4, -0.2) is 26.7 Å². The molecule has 0 atom stereocenters. The van der Waals surface area contributed by atoms with Gasteiger partial charge in [0.1, 0.15) is 9.97 Å². The SMILES string of the molecule is CC(C)(C)c1cc(NC(=O)Nc2ccc(NC(=O)c3nnsc3Sc3ccc(C(F)(F)F)cc3)cc2)no1. The van der Waals surface area contributed by atoms with E-state index in [1.165, 1.54) is 12.1 Å². The van der Waals surface area contributed by atoms with Crippen molar-refractivity contribution < 1.29 is 27.3 Å². The van der Waals surface area contributed by atoms with Crippen molar-refractivity contribution in [3.63, 3.8) is 0 Å². The second kappa shape index (κ2) is 10.8. The highest BCUT2D eigenvalue weighted by atomic mass is 32.2. The van der Waals surface area contributed by atoms with Crippen LogP contribution in [0.4, 0.5) is 35.2 Å². The molecule has 0 fully saturated rings. The minimum absolute atomic E-state index is 0.0451. The second-order valence-electron chi connectivity index (χ2n) is 8.97. The number of amides is 3. The van der Waals surface area contributed by atoms with Crippen LogP contribution in [0.5, 0.6) is 0 Å². The summed E-state index contributed by atoms with van der Waals surface area (Å²) in [7, 11) is 0. The molecule has 0 aliphatic heterocycles. The molecule has 14 heteroatoms. The van der Waals surface area contributed by atoms with Gasteiger partial charge in [-0.25, -0.2) is 4.79 Å². The quantitative estimate of drug-likeness (QED) is 0.234. The lowest BCUT2D eigenvalue weighted by molar-refractivity contribution is -0.137. The van der Waals surface area contributed by atoms with E-state index in [2.05, 4.69) is 30.7 Å². The lowest BCUT2D eigenvalue weighted by Crippen LogP contribution is -2.19. The van der Waals surface area contributed by atoms with Gasteiger partial charge in [-0.05, 0) is 60.1 Å². The van der Waals surface area contributed by atoms with Crippen molar-refractivity contribution >= 4 is 52.4 Å². The highest BCUT2D eigenvalue weighted by Crippen LogP contribution is 2.35. The molecule has 2 aromatic carbocycles. The maximum atomic E-state index is 12.8. The molecule has 0 saturated carbocycles. The van der Waals surface area contributed by atoms with Crippen LogP contribution < -0.4 is 16.0 Å². The highest BCUT2D eigenvalue weighted by Gasteiger charge is 2.30. The van der Waals surface area contributed by atoms with Crippen LogP contribution >= 0.6 is 23.3 Å². The highest BCUT2D eigenvalue weighted by molar-refractivity contribution is 8.01. The molecule has 2 aromatic heterocycles. The van der Waals surface area contributed by atoms with Crippen LogP contribution in [0.25, 0.3) is 0 Å². The molecule has 0 saturated heterocycles. The first kappa shape index (κ1) is 27.1. The molecule has 0 radical (unpaired) electrons. The fourth-order valence-electron chi connectivity index (χ4n) is 3.00. The van der Waals surface area contributed by atoms with Crippen molar-refractivity contribution in [1.82, 2.24) is 14.7 Å². The molecule has 9 nitrogen and oxygen atoms in total. The van der Waals surface area contributed by atoms with Crippen LogP contribution in [0, 0.1) is 0 Å². The summed E-state index contributed by atoms with van der Waals surface area (Å²) in [5.41, 5.74) is -0.0613. The summed E-state index contributed by atoms with van der Waals surface area (Å²) in [6, 6.07) is 12.1. The van der Waals surface area contributed by atoms with Gasteiger partial charge in [-0.2, -0.15) is 13.2 Å². The van der Waals surface area contributed by atoms with Crippen LogP contribution in [0.15, 0.2) is 68.2 Å². The molecule has 0 unspecified atom stereocenters. The largest absolute Gasteiger partial charge is 0.416 e. The number of hydrogen-bond acceptors (Lipinski definition) is 8. The first-order chi connectivity index (χ1) is 17.9. The van der Waals surface area contributed by atoms with Crippen molar-refractivity contribution in [2.45, 2.75) is 41.5 Å². The molecule has 0 aliphatic carbocycles. The fraction of sp³-hybridized carbons (Fsp3) is 0.208. The van der Waals surface area contributed by atoms with Gasteiger partial charge in [-0.1, -0.05) is 42.2 Å². The van der Waals surface area contributed by atoms with Crippen LogP contribution in [-0.2, 0) is 11.6 Å². The molecule has 0 bridgehead atoms. The molecule has 4 aromatic rings. The molecular formula is C24H21F3N6O3S2. The van der Waals surface area contributed by atoms with Crippen molar-refractivity contribution in [1.29, 1.82) is 0 Å². The average Bonchev–Trinajstić information content (AvgIpc) is 3.50. The van der Waals surface area contributed by atoms with Crippen molar-refractivity contribution in [2.24, 2.45) is 0 Å². The maximum Gasteiger partial charge on any atom is 0.416 e. The third kappa shape index (κ3) is 6.89. The topological polar surface area (TPSA) is 122 Å². The number of aromatic nitrogens is 3. The van der Waals surface area contributed by atoms with E-state index >= 15 is 0 Å². The zero-order valence-electron chi connectivity index (χ0n) is 20.2. The summed E-state index contributed by atoms with van der Waals surface area (Å²) < 4.78 is 47.8. The Hall–Kier alpha value is -3.91. The maximum absolute atomic E-state index is 12.8. The predicted molar refractivity (Wildman–Crippen MR) is 138 cm³/mol. The number of nitrogens with zero attached hydrogens (tertiary/aromatic N) is 3. The van der Waals surface area contributed by atoms with E-state index in [0.717, 1.165) is 35.4 Å². The summed E-state index contributed by atoms with van der Waals surface area (Å²) in [5, 5.41) is 15.6. The van der Waals surface area contributed by atoms with Gasteiger partial charge in [0.05, 0.1) is 5.56 Å². The van der Waals surface area contributed by atoms with E-state index in [1.54, 1.807) is 30.3 Å². The number of halogens is 3. The number of carbonyl (C=O) groups excluding carboxylic acids is 2. The Morgan fingerprint density at radius 2 is 1.55 bits per heavy atom. The summed E-state index contributed by atoms with van der Waals surface area (Å²) in [4.78, 5) is 25.5. The Labute approximate surface area is 223 Å². The van der Waals surface area contributed by atoms with E-state index in [-0.39, 0.29) is 16.9 Å². The molecule has 3 amide bonds. The van der Waals surface area contributed by atoms with Gasteiger partial charge in [-0.3, -0.25) is 10.1 Å². The molecule has 0 aliphatic rings. The summed E-state index contributed by atoms with van der Waals surface area (Å²) >= 11 is 2.05. The van der Waals surface area contributed by atoms with Gasteiger partial charge in [0, 0.05) is 27.8 Å². The van der Waals surface area contributed by atoms with Gasteiger partial charge < -0.3 is 15.2 Å². The first-order valence-electron chi connectivity index (χ1n) is 11.0. The van der Waals surface area contributed by atoms with E-state index < -0.39 is 23.7 Å². The van der Waals surface area contributed by atoms with E-state index in [1.807, 2.05) is 20.8 Å². The third-order valence-corrected chi connectivity index (χ3v) is 6.84. The average molecular weight is 563 g/mol. The Morgan fingerprint density at radius 3 is 2.13 bits per heavy atom. The standard InChI is InChI=1S/C24H21F3N6O3S2/c1-23(2,3)17-12-18(32-36-17)30-22(35)29-15-8-6-14(7-9-15)28-20(34)19-21(38-33-31-19)37-16-10-4-13(5-11-16)24(25,26)27/h4-12H,1-3H3,(H,28,34)(H2,29,30,32,35). The number of benzene rings is 2. The Morgan fingerprint density at radius 1 is 0.921 bits per heavy atom. The molecule has 198 valence electrons. The van der Waals surface area contributed by atoms with Crippen LogP contribution in [0.1, 0.15) is 42.6 Å². The minimum Gasteiger partial charge on any atom is -0.359 e. The molecule has 2 heterocycles. The lowest BCUT2D eigenvalue weighted by atomic mass is 9.93. The molecular weight excluding hydrogens is 541 g/mol. The monoisotopic (exact) mass is 562 g/mol. The number of hydrogen-bond donors (Lipinski definition) is 3. The first-order valence-corrected chi connectivity index (χ1v) is 12.6. The van der Waals surface area contributed by atoms with Crippen molar-refractivity contribution in [3.05, 3.63) is 71.6 Å². The third-order valence-electron chi connectivity index (χ3n) is 4.96. The number of nitrogens with one attached hydrogen (secondary N) is 3. The fourth-order valence-corrected chi connectivity index (χ4v) is 4.67. The van der Waals surface area contributed by atoms with Gasteiger partial charge in [0.2, 0.25) is 0 Å². The molecule has 3 N–H and O–H groups in total. The van der Waals surface area contributed by atoms with E-state index in [4.69, 9.17) is 4.52 Å². The number of urea groups is 1. The number of anilines is 3. The Balaban J connectivity index is 1.33. The Kier molecular flexibility index (Phi) is 7.73. The lowest BCUT2D eigenvalue weighted by Gasteiger charge is -2.12. The zero-order chi connectivity index (χ0) is 27.5. The normalized spacial score (nSPS) is 11.7. The molecule has 38 heavy (non-hydrogen) atoms. The van der Waals surface area contributed by atoms with Gasteiger partial charge in [-0.15, -0.1) is 5.10 Å². The molecule has 0 spiro atoms. The van der Waals surface area contributed by atoms with Crippen molar-refractivity contribution in [3.8, 4) is 0 Å². The van der Waals surface area contributed by atoms with Crippen LogP contribution in [0.2, 0.25) is 0 Å². The van der Waals surface area contributed by atoms with E-state index in [9.17, 15) is 22.8 Å². The van der Waals surface area contributed by atoms with Gasteiger partial charge in [0.15, 0.2) is 11.5 Å². The predicted octanol–water partition coefficient (Wildman–Crippen LogP) is 6.89. The molecule has 4 rings (SSSR count). The summed E-state index contributed by atoms with van der Waals surface area (Å²) in [5.74, 6) is 0.370. The number of carbonyl (C=O) groups is 2.